The zero-order valence-corrected chi connectivity index (χ0v) is 36.0. The Morgan fingerprint density at radius 3 is 1.53 bits per heavy atom. The molecule has 0 radical (unpaired) electrons. The Morgan fingerprint density at radius 2 is 1.04 bits per heavy atom. The number of hydrogen-bond donors (Lipinski definition) is 5. The molecular formula is C47H75N5O5. The van der Waals surface area contributed by atoms with Gasteiger partial charge in [-0.3, -0.25) is 24.8 Å². The van der Waals surface area contributed by atoms with E-state index in [1.54, 1.807) is 6.07 Å². The maximum atomic E-state index is 14.3. The average molecular weight is 790 g/mol. The van der Waals surface area contributed by atoms with E-state index in [9.17, 15) is 29.7 Å². The second-order valence-corrected chi connectivity index (χ2v) is 16.1. The molecule has 0 aliphatic carbocycles. The second kappa shape index (κ2) is 26.9. The molecule has 0 saturated carbocycles. The molecule has 2 heterocycles. The molecule has 0 spiro atoms. The van der Waals surface area contributed by atoms with Crippen LogP contribution in [0.15, 0.2) is 21.7 Å². The van der Waals surface area contributed by atoms with Gasteiger partial charge < -0.3 is 20.6 Å². The second-order valence-electron chi connectivity index (χ2n) is 16.1. The number of amides is 1. The third kappa shape index (κ3) is 14.7. The maximum Gasteiger partial charge on any atom is 0.336 e. The summed E-state index contributed by atoms with van der Waals surface area (Å²) >= 11 is 0. The largest absolute Gasteiger partial charge is 0.478 e. The highest BCUT2D eigenvalue weighted by atomic mass is 16.4. The van der Waals surface area contributed by atoms with E-state index >= 15 is 0 Å². The Balaban J connectivity index is 2.20. The van der Waals surface area contributed by atoms with Crippen LogP contribution in [-0.2, 0) is 0 Å². The van der Waals surface area contributed by atoms with Crippen molar-refractivity contribution in [1.82, 2.24) is 15.6 Å². The summed E-state index contributed by atoms with van der Waals surface area (Å²) in [6.45, 7) is 11.0. The van der Waals surface area contributed by atoms with Crippen LogP contribution in [0.4, 0.5) is 5.69 Å². The van der Waals surface area contributed by atoms with E-state index in [1.807, 2.05) is 0 Å². The van der Waals surface area contributed by atoms with Gasteiger partial charge in [-0.1, -0.05) is 156 Å². The quantitative estimate of drug-likeness (QED) is 0.0239. The van der Waals surface area contributed by atoms with Crippen LogP contribution in [0.5, 0.6) is 0 Å². The number of carboxylic acids is 1. The van der Waals surface area contributed by atoms with Crippen molar-refractivity contribution in [3.05, 3.63) is 49.5 Å². The summed E-state index contributed by atoms with van der Waals surface area (Å²) < 4.78 is 0. The number of carbonyl (C=O) groups is 2. The fraction of sp³-hybridized carbons (Fsp3) is 0.681. The number of carbonyl (C=O) groups excluding carboxylic acids is 1. The number of nitrogens with zero attached hydrogens (tertiary/aromatic N) is 1. The summed E-state index contributed by atoms with van der Waals surface area (Å²) in [5.74, 6) is -1.93. The number of hydrogen-bond acceptors (Lipinski definition) is 6. The number of aromatic amines is 1. The summed E-state index contributed by atoms with van der Waals surface area (Å²) in [6.07, 6.45) is 25.9. The topological polar surface area (TPSA) is 155 Å². The number of amidine groups is 1. The highest BCUT2D eigenvalue weighted by Gasteiger charge is 2.29. The van der Waals surface area contributed by atoms with E-state index in [2.05, 4.69) is 48.2 Å². The zero-order chi connectivity index (χ0) is 41.4. The van der Waals surface area contributed by atoms with Crippen molar-refractivity contribution in [2.45, 2.75) is 182 Å². The van der Waals surface area contributed by atoms with Crippen LogP contribution in [0.25, 0.3) is 21.5 Å². The molecule has 0 unspecified atom stereocenters. The minimum absolute atomic E-state index is 0.0296. The molecule has 4 aromatic rings. The summed E-state index contributed by atoms with van der Waals surface area (Å²) in [5, 5.41) is 26.7. The molecule has 57 heavy (non-hydrogen) atoms. The first-order chi connectivity index (χ1) is 27.7. The Kier molecular flexibility index (Phi) is 22.4. The van der Waals surface area contributed by atoms with E-state index in [1.165, 1.54) is 57.4 Å². The molecule has 0 fully saturated rings. The highest BCUT2D eigenvalue weighted by molar-refractivity contribution is 6.29. The van der Waals surface area contributed by atoms with Gasteiger partial charge in [0.05, 0.1) is 22.0 Å². The lowest BCUT2D eigenvalue weighted by Gasteiger charge is -2.27. The van der Waals surface area contributed by atoms with Gasteiger partial charge in [0.1, 0.15) is 5.84 Å². The molecule has 2 aromatic heterocycles. The number of rotatable bonds is 32. The van der Waals surface area contributed by atoms with E-state index in [0.29, 0.717) is 31.9 Å². The van der Waals surface area contributed by atoms with Crippen molar-refractivity contribution in [3.8, 4) is 0 Å². The van der Waals surface area contributed by atoms with Gasteiger partial charge in [0.15, 0.2) is 0 Å². The SMILES string of the molecule is CCCCCCCCNC(=N)c1c(C(=O)O)cc(C(=O)NCCCCCCCC)c2c3c(N(CCCCCCCC)CCCCCCCC)cc(c(=O)[nH]c3=O)c12. The number of anilines is 1. The third-order valence-electron chi connectivity index (χ3n) is 11.4. The number of unbranched alkanes of at least 4 members (excludes halogenated alkanes) is 20. The summed E-state index contributed by atoms with van der Waals surface area (Å²) in [7, 11) is 0. The number of H-pyrrole nitrogens is 1. The molecule has 2 bridgehead atoms. The minimum Gasteiger partial charge on any atom is -0.478 e. The predicted molar refractivity (Wildman–Crippen MR) is 239 cm³/mol. The lowest BCUT2D eigenvalue weighted by atomic mass is 9.89. The lowest BCUT2D eigenvalue weighted by Crippen LogP contribution is -2.30. The first kappa shape index (κ1) is 47.4. The molecule has 0 aliphatic heterocycles. The third-order valence-corrected chi connectivity index (χ3v) is 11.4. The average Bonchev–Trinajstić information content (AvgIpc) is 3.39. The number of carboxylic acid groups (broad SMARTS) is 1. The van der Waals surface area contributed by atoms with Gasteiger partial charge in [0.25, 0.3) is 17.0 Å². The van der Waals surface area contributed by atoms with Crippen molar-refractivity contribution in [1.29, 1.82) is 5.41 Å². The van der Waals surface area contributed by atoms with E-state index in [0.717, 1.165) is 103 Å². The monoisotopic (exact) mass is 790 g/mol. The van der Waals surface area contributed by atoms with Crippen molar-refractivity contribution in [3.63, 3.8) is 0 Å². The molecule has 5 N–H and O–H groups in total. The van der Waals surface area contributed by atoms with Gasteiger partial charge in [-0.05, 0) is 37.8 Å². The first-order valence-corrected chi connectivity index (χ1v) is 22.8. The molecular weight excluding hydrogens is 715 g/mol. The van der Waals surface area contributed by atoms with Gasteiger partial charge in [0, 0.05) is 48.1 Å². The van der Waals surface area contributed by atoms with Gasteiger partial charge in [0.2, 0.25) is 0 Å². The predicted octanol–water partition coefficient (Wildman–Crippen LogP) is 11.1. The van der Waals surface area contributed by atoms with Crippen molar-refractivity contribution < 1.29 is 14.7 Å². The molecule has 4 rings (SSSR count). The standard InChI is InChI=1S/C47H75N5O5/c1-5-9-13-17-21-25-29-49-43(48)41-37(47(56)57)33-35(44(53)50-30-26-22-18-14-10-6-2)40-39(41)36-34-38(42(40)46(55)51-45(36)54)52(31-27-23-19-15-11-7-3)32-28-24-20-16-12-8-4/h33-34H,5-32H2,1-4H3,(H2,48,49)(H,50,53)(H,56,57)(H,51,54,55). The number of benzene rings is 2. The summed E-state index contributed by atoms with van der Waals surface area (Å²) in [4.78, 5) is 60.3. The lowest BCUT2D eigenvalue weighted by molar-refractivity contribution is 0.0696. The van der Waals surface area contributed by atoms with Crippen LogP contribution in [0.2, 0.25) is 0 Å². The number of nitrogens with one attached hydrogen (secondary N) is 4. The maximum absolute atomic E-state index is 14.3. The fourth-order valence-corrected chi connectivity index (χ4v) is 8.05. The van der Waals surface area contributed by atoms with E-state index < -0.39 is 23.0 Å². The summed E-state index contributed by atoms with van der Waals surface area (Å²) in [6, 6.07) is 3.05. The normalized spacial score (nSPS) is 11.4. The smallest absolute Gasteiger partial charge is 0.336 e. The Hall–Kier alpha value is -3.95. The molecule has 0 atom stereocenters. The van der Waals surface area contributed by atoms with Crippen molar-refractivity contribution in [2.75, 3.05) is 31.1 Å². The Bertz CT molecular complexity index is 1770. The number of aromatic carboxylic acids is 1. The van der Waals surface area contributed by atoms with Crippen LogP contribution in [-0.4, -0.2) is 54.0 Å². The van der Waals surface area contributed by atoms with Crippen LogP contribution >= 0.6 is 0 Å². The molecule has 0 aliphatic rings. The zero-order valence-electron chi connectivity index (χ0n) is 36.0. The van der Waals surface area contributed by atoms with Gasteiger partial charge in [-0.25, -0.2) is 4.79 Å². The van der Waals surface area contributed by atoms with E-state index in [4.69, 9.17) is 0 Å². The Morgan fingerprint density at radius 1 is 0.579 bits per heavy atom. The summed E-state index contributed by atoms with van der Waals surface area (Å²) in [5.41, 5.74) is -0.845. The van der Waals surface area contributed by atoms with Crippen LogP contribution < -0.4 is 26.7 Å². The van der Waals surface area contributed by atoms with Crippen LogP contribution in [0, 0.1) is 5.41 Å². The van der Waals surface area contributed by atoms with Gasteiger partial charge >= 0.3 is 5.97 Å². The molecule has 10 nitrogen and oxygen atoms in total. The highest BCUT2D eigenvalue weighted by Crippen LogP contribution is 2.38. The number of aromatic nitrogens is 1. The van der Waals surface area contributed by atoms with Gasteiger partial charge in [-0.2, -0.15) is 0 Å². The number of fused-ring (bicyclic) bond motifs is 3. The van der Waals surface area contributed by atoms with Crippen molar-refractivity contribution in [2.24, 2.45) is 0 Å². The molecule has 0 saturated heterocycles. The van der Waals surface area contributed by atoms with Crippen molar-refractivity contribution >= 4 is 44.9 Å². The van der Waals surface area contributed by atoms with E-state index in [-0.39, 0.29) is 44.1 Å². The molecule has 10 heteroatoms. The Labute approximate surface area is 342 Å². The minimum atomic E-state index is -1.31. The molecule has 1 amide bonds. The molecule has 318 valence electrons. The molecule has 2 aromatic carbocycles. The fourth-order valence-electron chi connectivity index (χ4n) is 8.05. The van der Waals surface area contributed by atoms with Crippen LogP contribution in [0.1, 0.15) is 208 Å². The van der Waals surface area contributed by atoms with Crippen LogP contribution in [0.3, 0.4) is 0 Å². The first-order valence-electron chi connectivity index (χ1n) is 22.8. The van der Waals surface area contributed by atoms with Gasteiger partial charge in [-0.15, -0.1) is 0 Å².